The Labute approximate surface area is 119 Å². The molecule has 2 rings (SSSR count). The van der Waals surface area contributed by atoms with Crippen LogP contribution in [0.15, 0.2) is 16.6 Å². The van der Waals surface area contributed by atoms with Gasteiger partial charge < -0.3 is 9.67 Å². The van der Waals surface area contributed by atoms with Crippen LogP contribution >= 0.6 is 11.3 Å². The predicted octanol–water partition coefficient (Wildman–Crippen LogP) is 1.60. The molecule has 2 aromatic rings. The van der Waals surface area contributed by atoms with Gasteiger partial charge in [0.1, 0.15) is 10.7 Å². The van der Waals surface area contributed by atoms with Gasteiger partial charge in [0.25, 0.3) is 10.0 Å². The molecule has 2 N–H and O–H groups in total. The Bertz CT molecular complexity index is 754. The molecule has 0 spiro atoms. The van der Waals surface area contributed by atoms with Crippen LogP contribution in [0.5, 0.6) is 0 Å². The Balaban J connectivity index is 2.43. The number of hydrogen-bond acceptors (Lipinski definition) is 5. The van der Waals surface area contributed by atoms with Gasteiger partial charge in [-0.15, -0.1) is 11.3 Å². The topological polar surface area (TPSA) is 101 Å². The summed E-state index contributed by atoms with van der Waals surface area (Å²) in [6, 6.07) is 0. The zero-order chi connectivity index (χ0) is 15.1. The number of aromatic nitrogens is 2. The van der Waals surface area contributed by atoms with Gasteiger partial charge in [-0.25, -0.2) is 9.78 Å². The number of nitrogens with one attached hydrogen (secondary N) is 1. The number of carbonyl (C=O) groups is 1. The second-order valence-corrected chi connectivity index (χ2v) is 6.78. The number of aryl methyl sites for hydroxylation is 3. The Hall–Kier alpha value is -1.87. The molecule has 0 saturated carbocycles. The van der Waals surface area contributed by atoms with Crippen LogP contribution in [0.1, 0.15) is 21.1 Å². The van der Waals surface area contributed by atoms with E-state index < -0.39 is 16.0 Å². The number of sulfonamides is 1. The summed E-state index contributed by atoms with van der Waals surface area (Å²) in [5.74, 6) is -0.621. The highest BCUT2D eigenvalue weighted by atomic mass is 32.2. The molecule has 0 fully saturated rings. The van der Waals surface area contributed by atoms with Gasteiger partial charge in [0.15, 0.2) is 5.03 Å². The molecule has 0 aliphatic carbocycles. The van der Waals surface area contributed by atoms with E-state index in [1.165, 1.54) is 6.20 Å². The van der Waals surface area contributed by atoms with Crippen molar-refractivity contribution in [1.82, 2.24) is 9.55 Å². The second kappa shape index (κ2) is 4.91. The summed E-state index contributed by atoms with van der Waals surface area (Å²) in [6.45, 7) is 3.32. The smallest absolute Gasteiger partial charge is 0.348 e. The van der Waals surface area contributed by atoms with E-state index in [0.717, 1.165) is 11.3 Å². The first-order valence-corrected chi connectivity index (χ1v) is 7.93. The zero-order valence-electron chi connectivity index (χ0n) is 11.0. The lowest BCUT2D eigenvalue weighted by Crippen LogP contribution is -2.15. The Morgan fingerprint density at radius 3 is 2.60 bits per heavy atom. The van der Waals surface area contributed by atoms with Crippen LogP contribution in [0.4, 0.5) is 5.69 Å². The van der Waals surface area contributed by atoms with Gasteiger partial charge in [-0.2, -0.15) is 8.42 Å². The van der Waals surface area contributed by atoms with E-state index >= 15 is 0 Å². The lowest BCUT2D eigenvalue weighted by molar-refractivity contribution is 0.0703. The molecule has 7 nitrogen and oxygen atoms in total. The van der Waals surface area contributed by atoms with E-state index in [2.05, 4.69) is 9.71 Å². The van der Waals surface area contributed by atoms with Crippen LogP contribution in [0.25, 0.3) is 0 Å². The van der Waals surface area contributed by atoms with Gasteiger partial charge in [0, 0.05) is 13.2 Å². The second-order valence-electron chi connectivity index (χ2n) is 4.27. The molecular weight excluding hydrogens is 302 g/mol. The summed E-state index contributed by atoms with van der Waals surface area (Å²) in [6.07, 6.45) is 1.37. The fraction of sp³-hybridized carbons (Fsp3) is 0.273. The van der Waals surface area contributed by atoms with E-state index in [-0.39, 0.29) is 15.6 Å². The van der Waals surface area contributed by atoms with Crippen LogP contribution in [0, 0.1) is 13.8 Å². The molecule has 0 aliphatic heterocycles. The van der Waals surface area contributed by atoms with Gasteiger partial charge >= 0.3 is 5.97 Å². The van der Waals surface area contributed by atoms with Gasteiger partial charge in [0.2, 0.25) is 0 Å². The minimum Gasteiger partial charge on any atom is -0.477 e. The molecule has 0 unspecified atom stereocenters. The first kappa shape index (κ1) is 14.5. The van der Waals surface area contributed by atoms with Crippen molar-refractivity contribution >= 4 is 33.0 Å². The molecule has 2 aromatic heterocycles. The largest absolute Gasteiger partial charge is 0.477 e. The fourth-order valence-corrected chi connectivity index (χ4v) is 3.66. The van der Waals surface area contributed by atoms with Crippen molar-refractivity contribution in [2.24, 2.45) is 7.05 Å². The maximum absolute atomic E-state index is 12.2. The minimum atomic E-state index is -3.90. The number of carboxylic acids is 1. The Kier molecular flexibility index (Phi) is 3.57. The van der Waals surface area contributed by atoms with E-state index in [1.54, 1.807) is 30.8 Å². The first-order valence-electron chi connectivity index (χ1n) is 5.56. The lowest BCUT2D eigenvalue weighted by Gasteiger charge is -2.06. The van der Waals surface area contributed by atoms with Crippen molar-refractivity contribution in [3.63, 3.8) is 0 Å². The molecule has 0 bridgehead atoms. The molecule has 20 heavy (non-hydrogen) atoms. The van der Waals surface area contributed by atoms with Crippen molar-refractivity contribution in [3.8, 4) is 0 Å². The quantitative estimate of drug-likeness (QED) is 0.892. The van der Waals surface area contributed by atoms with Crippen molar-refractivity contribution in [3.05, 3.63) is 27.8 Å². The Morgan fingerprint density at radius 2 is 2.10 bits per heavy atom. The van der Waals surface area contributed by atoms with E-state index in [1.807, 2.05) is 0 Å². The maximum atomic E-state index is 12.2. The maximum Gasteiger partial charge on any atom is 0.348 e. The van der Waals surface area contributed by atoms with Crippen LogP contribution in [0.3, 0.4) is 0 Å². The van der Waals surface area contributed by atoms with E-state index in [0.29, 0.717) is 11.4 Å². The summed E-state index contributed by atoms with van der Waals surface area (Å²) in [4.78, 5) is 15.0. The average Bonchev–Trinajstić information content (AvgIpc) is 2.85. The fourth-order valence-electron chi connectivity index (χ4n) is 1.57. The third kappa shape index (κ3) is 2.54. The molecule has 108 valence electrons. The highest BCUT2D eigenvalue weighted by Crippen LogP contribution is 2.29. The number of hydrogen-bond donors (Lipinski definition) is 2. The summed E-state index contributed by atoms with van der Waals surface area (Å²) in [5.41, 5.74) is 0.648. The summed E-state index contributed by atoms with van der Waals surface area (Å²) < 4.78 is 28.3. The van der Waals surface area contributed by atoms with Gasteiger partial charge in [-0.05, 0) is 24.8 Å². The number of thiophene rings is 1. The number of rotatable bonds is 4. The molecular formula is C11H13N3O4S2. The SMILES string of the molecule is Cc1csc(C(=O)O)c1NS(=O)(=O)c1cn(C)c(C)n1. The molecule has 0 aliphatic rings. The Morgan fingerprint density at radius 1 is 1.45 bits per heavy atom. The van der Waals surface area contributed by atoms with Crippen molar-refractivity contribution in [2.75, 3.05) is 4.72 Å². The van der Waals surface area contributed by atoms with Crippen molar-refractivity contribution < 1.29 is 18.3 Å². The van der Waals surface area contributed by atoms with Crippen LogP contribution < -0.4 is 4.72 Å². The summed E-state index contributed by atoms with van der Waals surface area (Å²) in [5, 5.41) is 10.5. The minimum absolute atomic E-state index is 0.0428. The predicted molar refractivity (Wildman–Crippen MR) is 74.8 cm³/mol. The molecule has 0 radical (unpaired) electrons. The molecule has 0 saturated heterocycles. The number of nitrogens with zero attached hydrogens (tertiary/aromatic N) is 2. The van der Waals surface area contributed by atoms with Crippen LogP contribution in [0.2, 0.25) is 0 Å². The molecule has 0 amide bonds. The number of imidazole rings is 1. The van der Waals surface area contributed by atoms with Crippen LogP contribution in [-0.4, -0.2) is 29.0 Å². The monoisotopic (exact) mass is 315 g/mol. The van der Waals surface area contributed by atoms with Crippen LogP contribution in [-0.2, 0) is 17.1 Å². The molecule has 0 aromatic carbocycles. The standard InChI is InChI=1S/C11H13N3O4S2/c1-6-5-19-10(11(15)16)9(6)13-20(17,18)8-4-14(3)7(2)12-8/h4-5,13H,1-3H3,(H,15,16). The molecule has 2 heterocycles. The third-order valence-electron chi connectivity index (χ3n) is 2.77. The third-order valence-corrected chi connectivity index (χ3v) is 5.07. The highest BCUT2D eigenvalue weighted by molar-refractivity contribution is 7.92. The molecule has 9 heteroatoms. The number of carboxylic acid groups (broad SMARTS) is 1. The first-order chi connectivity index (χ1) is 9.22. The lowest BCUT2D eigenvalue weighted by atomic mass is 10.3. The normalized spacial score (nSPS) is 11.6. The number of aromatic carboxylic acids is 1. The number of anilines is 1. The summed E-state index contributed by atoms with van der Waals surface area (Å²) >= 11 is 0.976. The van der Waals surface area contributed by atoms with Gasteiger partial charge in [-0.1, -0.05) is 0 Å². The van der Waals surface area contributed by atoms with E-state index in [9.17, 15) is 13.2 Å². The highest BCUT2D eigenvalue weighted by Gasteiger charge is 2.24. The van der Waals surface area contributed by atoms with E-state index in [4.69, 9.17) is 5.11 Å². The average molecular weight is 315 g/mol. The van der Waals surface area contributed by atoms with Crippen molar-refractivity contribution in [1.29, 1.82) is 0 Å². The van der Waals surface area contributed by atoms with Gasteiger partial charge in [0.05, 0.1) is 5.69 Å². The van der Waals surface area contributed by atoms with Crippen molar-refractivity contribution in [2.45, 2.75) is 18.9 Å². The van der Waals surface area contributed by atoms with Gasteiger partial charge in [-0.3, -0.25) is 4.72 Å². The summed E-state index contributed by atoms with van der Waals surface area (Å²) in [7, 11) is -2.22. The molecule has 0 atom stereocenters. The zero-order valence-corrected chi connectivity index (χ0v) is 12.7.